The van der Waals surface area contributed by atoms with E-state index in [2.05, 4.69) is 63.0 Å². The summed E-state index contributed by atoms with van der Waals surface area (Å²) in [4.78, 5) is 13.2. The summed E-state index contributed by atoms with van der Waals surface area (Å²) in [7, 11) is 0. The molecule has 0 saturated heterocycles. The lowest BCUT2D eigenvalue weighted by atomic mass is 9.84. The summed E-state index contributed by atoms with van der Waals surface area (Å²) < 4.78 is 0. The third-order valence-corrected chi connectivity index (χ3v) is 6.02. The molecule has 0 aliphatic heterocycles. The van der Waals surface area contributed by atoms with Crippen LogP contribution in [0.25, 0.3) is 0 Å². The molecule has 1 N–H and O–H groups in total. The number of aryl methyl sites for hydroxylation is 1. The molecule has 1 aliphatic carbocycles. The fraction of sp³-hybridized carbons (Fsp3) is 0.577. The first kappa shape index (κ1) is 22.5. The molecule has 0 radical (unpaired) electrons. The maximum absolute atomic E-state index is 13.2. The highest BCUT2D eigenvalue weighted by atomic mass is 16.1. The van der Waals surface area contributed by atoms with Crippen molar-refractivity contribution in [2.75, 3.05) is 0 Å². The van der Waals surface area contributed by atoms with Gasteiger partial charge in [-0.1, -0.05) is 63.3 Å². The minimum atomic E-state index is -0.00612. The van der Waals surface area contributed by atoms with E-state index in [1.54, 1.807) is 0 Å². The van der Waals surface area contributed by atoms with Gasteiger partial charge in [-0.15, -0.1) is 0 Å². The van der Waals surface area contributed by atoms with Crippen LogP contribution in [0.15, 0.2) is 42.5 Å². The van der Waals surface area contributed by atoms with E-state index in [4.69, 9.17) is 0 Å². The van der Waals surface area contributed by atoms with Crippen molar-refractivity contribution in [1.29, 1.82) is 0 Å². The van der Waals surface area contributed by atoms with Crippen molar-refractivity contribution in [2.45, 2.75) is 79.2 Å². The van der Waals surface area contributed by atoms with E-state index >= 15 is 0 Å². The number of rotatable bonds is 9. The molecule has 1 amide bonds. The molecule has 0 bridgehead atoms. The zero-order chi connectivity index (χ0) is 20.7. The Bertz CT molecular complexity index is 700. The zero-order valence-electron chi connectivity index (χ0n) is 18.6. The maximum Gasteiger partial charge on any atom is 0.224 e. The molecular formula is C26H39NO. The van der Waals surface area contributed by atoms with Crippen LogP contribution in [0.1, 0.15) is 70.6 Å². The largest absolute Gasteiger partial charge is 0.349 e. The van der Waals surface area contributed by atoms with Crippen LogP contribution in [0.5, 0.6) is 0 Å². The van der Waals surface area contributed by atoms with Crippen molar-refractivity contribution in [1.82, 2.24) is 5.32 Å². The van der Waals surface area contributed by atoms with Gasteiger partial charge in [0.05, 0.1) is 6.04 Å². The van der Waals surface area contributed by atoms with Crippen LogP contribution < -0.4 is 5.32 Å². The van der Waals surface area contributed by atoms with E-state index in [1.165, 1.54) is 36.0 Å². The Morgan fingerprint density at radius 3 is 2.57 bits per heavy atom. The predicted octanol–water partition coefficient (Wildman–Crippen LogP) is 6.04. The van der Waals surface area contributed by atoms with Gasteiger partial charge in [0.15, 0.2) is 0 Å². The molecule has 2 heteroatoms. The fourth-order valence-electron chi connectivity index (χ4n) is 4.40. The summed E-state index contributed by atoms with van der Waals surface area (Å²) in [6.07, 6.45) is 10.9. The molecule has 2 rings (SSSR count). The summed E-state index contributed by atoms with van der Waals surface area (Å²) in [6, 6.07) is 6.67. The Morgan fingerprint density at radius 2 is 1.93 bits per heavy atom. The molecule has 0 heterocycles. The van der Waals surface area contributed by atoms with Gasteiger partial charge in [0.1, 0.15) is 0 Å². The normalized spacial score (nSPS) is 17.2. The van der Waals surface area contributed by atoms with E-state index in [0.29, 0.717) is 5.92 Å². The molecular weight excluding hydrogens is 342 g/mol. The lowest BCUT2D eigenvalue weighted by Gasteiger charge is -2.28. The van der Waals surface area contributed by atoms with E-state index in [-0.39, 0.29) is 23.8 Å². The highest BCUT2D eigenvalue weighted by Gasteiger charge is 2.27. The molecule has 2 nitrogen and oxygen atoms in total. The summed E-state index contributed by atoms with van der Waals surface area (Å²) >= 11 is 0. The fourth-order valence-corrected chi connectivity index (χ4v) is 4.40. The third-order valence-electron chi connectivity index (χ3n) is 6.02. The Hall–Kier alpha value is -1.83. The van der Waals surface area contributed by atoms with Crippen molar-refractivity contribution >= 4 is 5.91 Å². The van der Waals surface area contributed by atoms with Crippen molar-refractivity contribution < 1.29 is 4.79 Å². The van der Waals surface area contributed by atoms with Crippen LogP contribution in [-0.2, 0) is 24.1 Å². The van der Waals surface area contributed by atoms with Crippen molar-refractivity contribution in [3.63, 3.8) is 0 Å². The second kappa shape index (κ2) is 10.6. The smallest absolute Gasteiger partial charge is 0.224 e. The van der Waals surface area contributed by atoms with E-state index < -0.39 is 0 Å². The maximum atomic E-state index is 13.2. The summed E-state index contributed by atoms with van der Waals surface area (Å²) in [5.41, 5.74) is 5.42. The highest BCUT2D eigenvalue weighted by molar-refractivity contribution is 5.80. The minimum Gasteiger partial charge on any atom is -0.349 e. The molecule has 28 heavy (non-hydrogen) atoms. The van der Waals surface area contributed by atoms with Crippen molar-refractivity contribution in [3.05, 3.63) is 59.2 Å². The summed E-state index contributed by atoms with van der Waals surface area (Å²) in [6.45, 7) is 14.8. The number of hydrogen-bond acceptors (Lipinski definition) is 1. The predicted molar refractivity (Wildman–Crippen MR) is 120 cm³/mol. The standard InChI is InChI=1S/C26H39NO/c1-7-11-20(6)24(16-18(2)3)26(28)27-25(19(4)5)17-22-14-10-13-21-12-8-9-15-23(21)22/h7,10-11,13-14,18,20,24-25H,4,8-9,12,15-17H2,1-3,5-6H3,(H,27,28)/b11-7+. The van der Waals surface area contributed by atoms with Gasteiger partial charge in [0, 0.05) is 5.92 Å². The third kappa shape index (κ3) is 6.09. The Labute approximate surface area is 172 Å². The zero-order valence-corrected chi connectivity index (χ0v) is 18.6. The van der Waals surface area contributed by atoms with Crippen molar-refractivity contribution in [3.8, 4) is 0 Å². The number of carbonyl (C=O) groups excluding carboxylic acids is 1. The van der Waals surface area contributed by atoms with Gasteiger partial charge in [0.25, 0.3) is 0 Å². The summed E-state index contributed by atoms with van der Waals surface area (Å²) in [5.74, 6) is 0.898. The minimum absolute atomic E-state index is 0.00254. The molecule has 1 aromatic carbocycles. The first-order valence-corrected chi connectivity index (χ1v) is 11.0. The number of hydrogen-bond donors (Lipinski definition) is 1. The Morgan fingerprint density at radius 1 is 1.21 bits per heavy atom. The molecule has 0 saturated carbocycles. The Balaban J connectivity index is 2.17. The molecule has 3 atom stereocenters. The SMILES string of the molecule is C=C(C)C(Cc1cccc2c1CCCC2)NC(=O)C(CC(C)C)C(C)/C=C/C. The molecule has 154 valence electrons. The van der Waals surface area contributed by atoms with E-state index in [9.17, 15) is 4.79 Å². The second-order valence-electron chi connectivity index (χ2n) is 8.99. The molecule has 1 aliphatic rings. The average Bonchev–Trinajstić information content (AvgIpc) is 2.65. The van der Waals surface area contributed by atoms with Crippen molar-refractivity contribution in [2.24, 2.45) is 17.8 Å². The summed E-state index contributed by atoms with van der Waals surface area (Å²) in [5, 5.41) is 3.34. The first-order chi connectivity index (χ1) is 13.3. The molecule has 0 aromatic heterocycles. The monoisotopic (exact) mass is 381 g/mol. The van der Waals surface area contributed by atoms with Crippen LogP contribution in [0.3, 0.4) is 0 Å². The van der Waals surface area contributed by atoms with Gasteiger partial charge in [-0.3, -0.25) is 4.79 Å². The number of nitrogens with one attached hydrogen (secondary N) is 1. The molecule has 3 unspecified atom stereocenters. The van der Waals surface area contributed by atoms with Gasteiger partial charge in [0.2, 0.25) is 5.91 Å². The van der Waals surface area contributed by atoms with Gasteiger partial charge >= 0.3 is 0 Å². The van der Waals surface area contributed by atoms with Crippen LogP contribution in [-0.4, -0.2) is 11.9 Å². The Kier molecular flexibility index (Phi) is 8.54. The average molecular weight is 382 g/mol. The first-order valence-electron chi connectivity index (χ1n) is 11.0. The van der Waals surface area contributed by atoms with Crippen LogP contribution in [0, 0.1) is 17.8 Å². The van der Waals surface area contributed by atoms with Crippen LogP contribution >= 0.6 is 0 Å². The number of allylic oxidation sites excluding steroid dienone is 2. The van der Waals surface area contributed by atoms with Crippen LogP contribution in [0.4, 0.5) is 0 Å². The van der Waals surface area contributed by atoms with E-state index in [1.807, 2.05) is 13.8 Å². The quantitative estimate of drug-likeness (QED) is 0.519. The molecule has 0 spiro atoms. The van der Waals surface area contributed by atoms with Gasteiger partial charge in [-0.2, -0.15) is 0 Å². The lowest BCUT2D eigenvalue weighted by molar-refractivity contribution is -0.127. The lowest BCUT2D eigenvalue weighted by Crippen LogP contribution is -2.42. The molecule has 0 fully saturated rings. The number of fused-ring (bicyclic) bond motifs is 1. The van der Waals surface area contributed by atoms with Crippen LogP contribution in [0.2, 0.25) is 0 Å². The number of carbonyl (C=O) groups is 1. The molecule has 1 aromatic rings. The highest BCUT2D eigenvalue weighted by Crippen LogP contribution is 2.27. The van der Waals surface area contributed by atoms with E-state index in [0.717, 1.165) is 24.8 Å². The van der Waals surface area contributed by atoms with Gasteiger partial charge in [-0.05, 0) is 80.9 Å². The number of amides is 1. The van der Waals surface area contributed by atoms with Gasteiger partial charge < -0.3 is 5.32 Å². The second-order valence-corrected chi connectivity index (χ2v) is 8.99. The number of benzene rings is 1. The van der Waals surface area contributed by atoms with Gasteiger partial charge in [-0.25, -0.2) is 0 Å². The topological polar surface area (TPSA) is 29.1 Å².